The van der Waals surface area contributed by atoms with Gasteiger partial charge >= 0.3 is 12.5 Å². The molecular formula is C22H22F3N5O4. The van der Waals surface area contributed by atoms with Gasteiger partial charge in [0.2, 0.25) is 5.91 Å². The average Bonchev–Trinajstić information content (AvgIpc) is 3.51. The van der Waals surface area contributed by atoms with Crippen LogP contribution in [0.2, 0.25) is 0 Å². The van der Waals surface area contributed by atoms with E-state index >= 15 is 0 Å². The monoisotopic (exact) mass is 477 g/mol. The molecule has 1 unspecified atom stereocenters. The van der Waals surface area contributed by atoms with E-state index in [2.05, 4.69) is 20.1 Å². The first-order valence-corrected chi connectivity index (χ1v) is 10.9. The lowest BCUT2D eigenvalue weighted by atomic mass is 9.89. The second-order valence-electron chi connectivity index (χ2n) is 8.70. The molecule has 12 heteroatoms. The van der Waals surface area contributed by atoms with E-state index in [-0.39, 0.29) is 30.1 Å². The zero-order valence-electron chi connectivity index (χ0n) is 18.0. The van der Waals surface area contributed by atoms with Crippen LogP contribution in [0.4, 0.5) is 18.0 Å². The minimum absolute atomic E-state index is 0.0678. The molecule has 9 nitrogen and oxygen atoms in total. The molecule has 1 N–H and O–H groups in total. The van der Waals surface area contributed by atoms with E-state index in [9.17, 15) is 22.8 Å². The van der Waals surface area contributed by atoms with Gasteiger partial charge in [-0.3, -0.25) is 9.89 Å². The third-order valence-electron chi connectivity index (χ3n) is 6.37. The maximum absolute atomic E-state index is 13.0. The topological polar surface area (TPSA) is 101 Å². The number of rotatable bonds is 4. The van der Waals surface area contributed by atoms with Gasteiger partial charge in [0, 0.05) is 44.1 Å². The predicted octanol–water partition coefficient (Wildman–Crippen LogP) is 2.80. The van der Waals surface area contributed by atoms with Crippen LogP contribution in [-0.2, 0) is 29.0 Å². The Morgan fingerprint density at radius 3 is 2.71 bits per heavy atom. The van der Waals surface area contributed by atoms with Crippen LogP contribution in [0.25, 0.3) is 0 Å². The average molecular weight is 477 g/mol. The maximum Gasteiger partial charge on any atom is 0.573 e. The SMILES string of the molecule is O=C(C1CCc2[nH]nnc2C1)N1C=C2CN(C(=O)OCc3ccc(OC(F)(F)F)cc3)C[C@@H]2C1. The van der Waals surface area contributed by atoms with Gasteiger partial charge < -0.3 is 19.3 Å². The zero-order valence-corrected chi connectivity index (χ0v) is 18.0. The molecule has 1 fully saturated rings. The number of carbonyl (C=O) groups excluding carboxylic acids is 2. The number of aryl methyl sites for hydroxylation is 1. The van der Waals surface area contributed by atoms with E-state index in [0.717, 1.165) is 29.8 Å². The van der Waals surface area contributed by atoms with Crippen molar-refractivity contribution >= 4 is 12.0 Å². The molecule has 1 aromatic heterocycles. The van der Waals surface area contributed by atoms with E-state index in [1.807, 2.05) is 6.20 Å². The fraction of sp³-hybridized carbons (Fsp3) is 0.455. The molecule has 2 aliphatic heterocycles. The Bertz CT molecular complexity index is 1110. The summed E-state index contributed by atoms with van der Waals surface area (Å²) in [5.74, 6) is -0.318. The number of likely N-dealkylation sites (tertiary alicyclic amines) is 1. The molecule has 0 bridgehead atoms. The first-order valence-electron chi connectivity index (χ1n) is 10.9. The first-order chi connectivity index (χ1) is 16.2. The van der Waals surface area contributed by atoms with Crippen molar-refractivity contribution in [2.75, 3.05) is 19.6 Å². The molecule has 2 atom stereocenters. The second kappa shape index (κ2) is 8.65. The molecule has 5 rings (SSSR count). The van der Waals surface area contributed by atoms with Gasteiger partial charge in [0.15, 0.2) is 0 Å². The van der Waals surface area contributed by atoms with Gasteiger partial charge in [-0.15, -0.1) is 18.3 Å². The molecular weight excluding hydrogens is 455 g/mol. The van der Waals surface area contributed by atoms with Crippen molar-refractivity contribution in [2.24, 2.45) is 11.8 Å². The standard InChI is InChI=1S/C22H22F3N5O4/c23-22(24,25)34-17-4-1-13(2-5-17)12-33-21(32)30-10-15-8-29(9-16(15)11-30)20(31)14-3-6-18-19(7-14)27-28-26-18/h1-2,4-5,8,14,16H,3,6-7,9-12H2,(H,26,27,28)/t14?,16-/m0/s1. The normalized spacial score (nSPS) is 21.7. The van der Waals surface area contributed by atoms with Crippen LogP contribution in [0.3, 0.4) is 0 Å². The Kier molecular flexibility index (Phi) is 5.66. The number of ether oxygens (including phenoxy) is 2. The van der Waals surface area contributed by atoms with Crippen molar-refractivity contribution in [1.82, 2.24) is 25.2 Å². The number of hydrogen-bond acceptors (Lipinski definition) is 6. The molecule has 1 aromatic carbocycles. The number of alkyl halides is 3. The van der Waals surface area contributed by atoms with Gasteiger partial charge in [-0.25, -0.2) is 4.79 Å². The molecule has 1 saturated heterocycles. The third kappa shape index (κ3) is 4.70. The summed E-state index contributed by atoms with van der Waals surface area (Å²) in [6.07, 6.45) is -1.33. The number of benzene rings is 1. The van der Waals surface area contributed by atoms with E-state index in [1.54, 1.807) is 9.80 Å². The highest BCUT2D eigenvalue weighted by Gasteiger charge is 2.40. The summed E-state index contributed by atoms with van der Waals surface area (Å²) >= 11 is 0. The van der Waals surface area contributed by atoms with Crippen molar-refractivity contribution in [3.05, 3.63) is 53.0 Å². The number of amides is 2. The Hall–Kier alpha value is -3.57. The molecule has 2 amide bonds. The number of H-pyrrole nitrogens is 1. The summed E-state index contributed by atoms with van der Waals surface area (Å²) in [6.45, 7) is 1.29. The van der Waals surface area contributed by atoms with Crippen LogP contribution in [0, 0.1) is 11.8 Å². The Balaban J connectivity index is 1.11. The molecule has 3 aliphatic rings. The third-order valence-corrected chi connectivity index (χ3v) is 6.37. The van der Waals surface area contributed by atoms with Gasteiger partial charge in [0.25, 0.3) is 0 Å². The predicted molar refractivity (Wildman–Crippen MR) is 110 cm³/mol. The van der Waals surface area contributed by atoms with Gasteiger partial charge in [-0.1, -0.05) is 17.3 Å². The van der Waals surface area contributed by atoms with Crippen LogP contribution in [0.1, 0.15) is 23.4 Å². The van der Waals surface area contributed by atoms with Gasteiger partial charge in [-0.05, 0) is 36.1 Å². The fourth-order valence-corrected chi connectivity index (χ4v) is 4.66. The van der Waals surface area contributed by atoms with Gasteiger partial charge in [-0.2, -0.15) is 0 Å². The number of aromatic nitrogens is 3. The van der Waals surface area contributed by atoms with Crippen LogP contribution >= 0.6 is 0 Å². The number of carbonyl (C=O) groups is 2. The quantitative estimate of drug-likeness (QED) is 0.727. The maximum atomic E-state index is 13.0. The minimum atomic E-state index is -4.76. The fourth-order valence-electron chi connectivity index (χ4n) is 4.66. The highest BCUT2D eigenvalue weighted by atomic mass is 19.4. The molecule has 1 aliphatic carbocycles. The van der Waals surface area contributed by atoms with Gasteiger partial charge in [0.1, 0.15) is 12.4 Å². The molecule has 3 heterocycles. The Morgan fingerprint density at radius 2 is 1.97 bits per heavy atom. The summed E-state index contributed by atoms with van der Waals surface area (Å²) < 4.78 is 45.9. The van der Waals surface area contributed by atoms with E-state index < -0.39 is 12.5 Å². The number of hydrogen-bond donors (Lipinski definition) is 1. The van der Waals surface area contributed by atoms with Gasteiger partial charge in [0.05, 0.1) is 11.4 Å². The highest BCUT2D eigenvalue weighted by Crippen LogP contribution is 2.33. The van der Waals surface area contributed by atoms with Crippen LogP contribution in [0.15, 0.2) is 36.0 Å². The van der Waals surface area contributed by atoms with Crippen molar-refractivity contribution < 1.29 is 32.2 Å². The summed E-state index contributed by atoms with van der Waals surface area (Å²) in [6, 6.07) is 5.16. The number of halogens is 3. The number of nitrogens with zero attached hydrogens (tertiary/aromatic N) is 4. The van der Waals surface area contributed by atoms with Crippen LogP contribution in [0.5, 0.6) is 5.75 Å². The van der Waals surface area contributed by atoms with E-state index in [1.165, 1.54) is 24.3 Å². The first kappa shape index (κ1) is 22.2. The minimum Gasteiger partial charge on any atom is -0.445 e. The highest BCUT2D eigenvalue weighted by molar-refractivity contribution is 5.81. The van der Waals surface area contributed by atoms with Crippen LogP contribution in [-0.4, -0.2) is 63.2 Å². The van der Waals surface area contributed by atoms with E-state index in [4.69, 9.17) is 4.74 Å². The lowest BCUT2D eigenvalue weighted by Gasteiger charge is -2.25. The van der Waals surface area contributed by atoms with Crippen molar-refractivity contribution in [2.45, 2.75) is 32.2 Å². The smallest absolute Gasteiger partial charge is 0.445 e. The summed E-state index contributed by atoms with van der Waals surface area (Å²) in [7, 11) is 0. The number of nitrogens with one attached hydrogen (secondary N) is 1. The summed E-state index contributed by atoms with van der Waals surface area (Å²) in [4.78, 5) is 28.8. The van der Waals surface area contributed by atoms with Crippen molar-refractivity contribution in [3.8, 4) is 5.75 Å². The van der Waals surface area contributed by atoms with Crippen molar-refractivity contribution in [1.29, 1.82) is 0 Å². The number of fused-ring (bicyclic) bond motifs is 2. The second-order valence-corrected chi connectivity index (χ2v) is 8.70. The van der Waals surface area contributed by atoms with Crippen molar-refractivity contribution in [3.63, 3.8) is 0 Å². The molecule has 0 saturated carbocycles. The lowest BCUT2D eigenvalue weighted by Crippen LogP contribution is -2.37. The Morgan fingerprint density at radius 1 is 1.18 bits per heavy atom. The number of aromatic amines is 1. The Labute approximate surface area is 192 Å². The molecule has 0 radical (unpaired) electrons. The molecule has 180 valence electrons. The largest absolute Gasteiger partial charge is 0.573 e. The van der Waals surface area contributed by atoms with E-state index in [0.29, 0.717) is 31.6 Å². The summed E-state index contributed by atoms with van der Waals surface area (Å²) in [5.41, 5.74) is 3.41. The molecule has 2 aromatic rings. The van der Waals surface area contributed by atoms with Crippen LogP contribution < -0.4 is 4.74 Å². The zero-order chi connectivity index (χ0) is 23.9. The summed E-state index contributed by atoms with van der Waals surface area (Å²) in [5, 5.41) is 10.7. The molecule has 34 heavy (non-hydrogen) atoms. The lowest BCUT2D eigenvalue weighted by molar-refractivity contribution is -0.274. The molecule has 0 spiro atoms.